The average molecular weight is 308 g/mol. The molecule has 0 aromatic carbocycles. The predicted molar refractivity (Wildman–Crippen MR) is 86.7 cm³/mol. The highest BCUT2D eigenvalue weighted by atomic mass is 32.1. The van der Waals surface area contributed by atoms with Gasteiger partial charge in [0.25, 0.3) is 5.91 Å². The number of thiazole rings is 1. The molecule has 1 aromatic heterocycles. The van der Waals surface area contributed by atoms with E-state index in [1.807, 2.05) is 18.7 Å². The highest BCUT2D eigenvalue weighted by molar-refractivity contribution is 7.18. The van der Waals surface area contributed by atoms with Crippen LogP contribution in [0.4, 0.5) is 10.9 Å². The summed E-state index contributed by atoms with van der Waals surface area (Å²) >= 11 is 1.38. The minimum absolute atomic E-state index is 0.0798. The molecule has 5 nitrogen and oxygen atoms in total. The number of aromatic nitrogens is 1. The first-order valence-electron chi connectivity index (χ1n) is 7.90. The van der Waals surface area contributed by atoms with Crippen LogP contribution in [0.5, 0.6) is 0 Å². The van der Waals surface area contributed by atoms with Gasteiger partial charge in [-0.1, -0.05) is 24.2 Å². The molecule has 1 amide bonds. The Balaban J connectivity index is 1.77. The number of likely N-dealkylation sites (tertiary alicyclic amines) is 1. The van der Waals surface area contributed by atoms with E-state index in [9.17, 15) is 4.79 Å². The maximum absolute atomic E-state index is 12.8. The molecule has 1 aliphatic carbocycles. The van der Waals surface area contributed by atoms with Crippen molar-refractivity contribution in [1.82, 2.24) is 9.88 Å². The Kier molecular flexibility index (Phi) is 4.06. The molecule has 6 heteroatoms. The van der Waals surface area contributed by atoms with Crippen LogP contribution in [-0.4, -0.2) is 34.4 Å². The Labute approximate surface area is 129 Å². The lowest BCUT2D eigenvalue weighted by molar-refractivity contribution is 0.0696. The van der Waals surface area contributed by atoms with E-state index < -0.39 is 0 Å². The van der Waals surface area contributed by atoms with Gasteiger partial charge in [-0.25, -0.2) is 4.98 Å². The maximum atomic E-state index is 12.8. The van der Waals surface area contributed by atoms with E-state index >= 15 is 0 Å². The fourth-order valence-electron chi connectivity index (χ4n) is 3.58. The van der Waals surface area contributed by atoms with E-state index in [4.69, 9.17) is 5.73 Å². The van der Waals surface area contributed by atoms with E-state index in [1.54, 1.807) is 0 Å². The van der Waals surface area contributed by atoms with Crippen molar-refractivity contribution in [2.45, 2.75) is 58.0 Å². The Morgan fingerprint density at radius 3 is 2.90 bits per heavy atom. The fourth-order valence-corrected chi connectivity index (χ4v) is 4.57. The summed E-state index contributed by atoms with van der Waals surface area (Å²) in [5, 5.41) is 3.97. The van der Waals surface area contributed by atoms with Gasteiger partial charge >= 0.3 is 0 Å². The lowest BCUT2D eigenvalue weighted by Gasteiger charge is -2.31. The molecule has 1 aliphatic heterocycles. The van der Waals surface area contributed by atoms with Crippen molar-refractivity contribution >= 4 is 28.2 Å². The van der Waals surface area contributed by atoms with Crippen molar-refractivity contribution in [3.63, 3.8) is 0 Å². The van der Waals surface area contributed by atoms with Crippen LogP contribution >= 0.6 is 11.3 Å². The molecule has 2 heterocycles. The molecule has 2 aliphatic rings. The molecule has 2 fully saturated rings. The molecule has 3 N–H and O–H groups in total. The molecule has 1 aromatic rings. The standard InChI is InChI=1S/C15H24N4OS/c1-9(2)17-15-18-13(16)12(21-15)14(20)19-8-7-10-5-3-4-6-11(10)19/h9-11H,3-8,16H2,1-2H3,(H,17,18). The lowest BCUT2D eigenvalue weighted by atomic mass is 9.85. The number of nitrogen functional groups attached to an aromatic ring is 1. The van der Waals surface area contributed by atoms with Crippen LogP contribution in [0.25, 0.3) is 0 Å². The topological polar surface area (TPSA) is 71.2 Å². The Morgan fingerprint density at radius 1 is 1.38 bits per heavy atom. The predicted octanol–water partition coefficient (Wildman–Crippen LogP) is 2.95. The lowest BCUT2D eigenvalue weighted by Crippen LogP contribution is -2.39. The molecule has 0 radical (unpaired) electrons. The highest BCUT2D eigenvalue weighted by Gasteiger charge is 2.39. The summed E-state index contributed by atoms with van der Waals surface area (Å²) in [5.41, 5.74) is 5.97. The first-order chi connectivity index (χ1) is 10.1. The van der Waals surface area contributed by atoms with Crippen LogP contribution in [0, 0.1) is 5.92 Å². The van der Waals surface area contributed by atoms with E-state index in [-0.39, 0.29) is 11.9 Å². The van der Waals surface area contributed by atoms with Gasteiger partial charge in [-0.2, -0.15) is 0 Å². The van der Waals surface area contributed by atoms with Crippen molar-refractivity contribution < 1.29 is 4.79 Å². The second-order valence-electron chi connectivity index (χ2n) is 6.43. The number of anilines is 2. The Hall–Kier alpha value is -1.30. The summed E-state index contributed by atoms with van der Waals surface area (Å²) in [5.74, 6) is 1.15. The number of hydrogen-bond acceptors (Lipinski definition) is 5. The molecular formula is C15H24N4OS. The van der Waals surface area contributed by atoms with Gasteiger partial charge in [-0.15, -0.1) is 0 Å². The zero-order chi connectivity index (χ0) is 15.0. The zero-order valence-corrected chi connectivity index (χ0v) is 13.6. The molecule has 0 bridgehead atoms. The van der Waals surface area contributed by atoms with Crippen LogP contribution in [-0.2, 0) is 0 Å². The van der Waals surface area contributed by atoms with Gasteiger partial charge in [-0.05, 0) is 39.0 Å². The first kappa shape index (κ1) is 14.6. The minimum atomic E-state index is 0.0798. The van der Waals surface area contributed by atoms with Crippen molar-refractivity contribution in [2.24, 2.45) is 5.92 Å². The van der Waals surface area contributed by atoms with Gasteiger partial charge in [0.15, 0.2) is 5.13 Å². The van der Waals surface area contributed by atoms with E-state index in [0.29, 0.717) is 22.7 Å². The van der Waals surface area contributed by atoms with Gasteiger partial charge in [0.05, 0.1) is 0 Å². The summed E-state index contributed by atoms with van der Waals surface area (Å²) in [6.45, 7) is 4.97. The van der Waals surface area contributed by atoms with Gasteiger partial charge in [-0.3, -0.25) is 4.79 Å². The Morgan fingerprint density at radius 2 is 2.14 bits per heavy atom. The van der Waals surface area contributed by atoms with Gasteiger partial charge in [0.2, 0.25) is 0 Å². The van der Waals surface area contributed by atoms with Crippen LogP contribution in [0.1, 0.15) is 55.6 Å². The number of carbonyl (C=O) groups excluding carboxylic acids is 1. The van der Waals surface area contributed by atoms with Gasteiger partial charge < -0.3 is 16.0 Å². The molecule has 21 heavy (non-hydrogen) atoms. The second kappa shape index (κ2) is 5.83. The third kappa shape index (κ3) is 2.86. The molecule has 2 atom stereocenters. The third-order valence-corrected chi connectivity index (χ3v) is 5.52. The number of carbonyl (C=O) groups is 1. The van der Waals surface area contributed by atoms with E-state index in [1.165, 1.54) is 30.6 Å². The summed E-state index contributed by atoms with van der Waals surface area (Å²) in [6.07, 6.45) is 6.11. The van der Waals surface area contributed by atoms with Crippen LogP contribution in [0.15, 0.2) is 0 Å². The first-order valence-corrected chi connectivity index (χ1v) is 8.71. The summed E-state index contributed by atoms with van der Waals surface area (Å²) in [4.78, 5) is 19.7. The summed E-state index contributed by atoms with van der Waals surface area (Å²) in [7, 11) is 0. The molecule has 2 unspecified atom stereocenters. The van der Waals surface area contributed by atoms with Crippen LogP contribution in [0.2, 0.25) is 0 Å². The molecule has 0 spiro atoms. The molecule has 3 rings (SSSR count). The smallest absolute Gasteiger partial charge is 0.268 e. The molecule has 116 valence electrons. The number of amides is 1. The second-order valence-corrected chi connectivity index (χ2v) is 7.43. The van der Waals surface area contributed by atoms with E-state index in [0.717, 1.165) is 24.5 Å². The van der Waals surface area contributed by atoms with E-state index in [2.05, 4.69) is 10.3 Å². The summed E-state index contributed by atoms with van der Waals surface area (Å²) < 4.78 is 0. The van der Waals surface area contributed by atoms with Gasteiger partial charge in [0.1, 0.15) is 10.7 Å². The van der Waals surface area contributed by atoms with Crippen molar-refractivity contribution in [3.05, 3.63) is 4.88 Å². The maximum Gasteiger partial charge on any atom is 0.268 e. The average Bonchev–Trinajstić information content (AvgIpc) is 3.01. The Bertz CT molecular complexity index is 528. The molecular weight excluding hydrogens is 284 g/mol. The zero-order valence-electron chi connectivity index (χ0n) is 12.8. The van der Waals surface area contributed by atoms with Crippen molar-refractivity contribution in [2.75, 3.05) is 17.6 Å². The largest absolute Gasteiger partial charge is 0.382 e. The molecule has 1 saturated heterocycles. The van der Waals surface area contributed by atoms with Crippen LogP contribution in [0.3, 0.4) is 0 Å². The molecule has 1 saturated carbocycles. The van der Waals surface area contributed by atoms with Gasteiger partial charge in [0, 0.05) is 18.6 Å². The quantitative estimate of drug-likeness (QED) is 0.900. The normalized spacial score (nSPS) is 25.2. The monoisotopic (exact) mass is 308 g/mol. The highest BCUT2D eigenvalue weighted by Crippen LogP contribution is 2.38. The van der Waals surface area contributed by atoms with Crippen LogP contribution < -0.4 is 11.1 Å². The number of fused-ring (bicyclic) bond motifs is 1. The van der Waals surface area contributed by atoms with Crippen molar-refractivity contribution in [3.8, 4) is 0 Å². The summed E-state index contributed by atoms with van der Waals surface area (Å²) in [6, 6.07) is 0.710. The minimum Gasteiger partial charge on any atom is -0.382 e. The number of nitrogens with zero attached hydrogens (tertiary/aromatic N) is 2. The number of hydrogen-bond donors (Lipinski definition) is 2. The SMILES string of the molecule is CC(C)Nc1nc(N)c(C(=O)N2CCC3CCCCC32)s1. The number of nitrogens with one attached hydrogen (secondary N) is 1. The number of nitrogens with two attached hydrogens (primary N) is 1. The number of rotatable bonds is 3. The fraction of sp³-hybridized carbons (Fsp3) is 0.733. The third-order valence-electron chi connectivity index (χ3n) is 4.53. The van der Waals surface area contributed by atoms with Crippen molar-refractivity contribution in [1.29, 1.82) is 0 Å².